The van der Waals surface area contributed by atoms with E-state index in [-0.39, 0.29) is 12.0 Å². The molecule has 2 aromatic rings. The van der Waals surface area contributed by atoms with Gasteiger partial charge in [-0.25, -0.2) is 0 Å². The Bertz CT molecular complexity index is 558. The Morgan fingerprint density at radius 2 is 2.05 bits per heavy atom. The standard InChI is InChI=1S/C16H23N3O/c1-13-5-3-4-6-15(13)16(11-17,12-20)9-7-14-8-10-18-19(14)2/h3-6,8,10,20H,7,9,11-12,17H2,1-2H3. The van der Waals surface area contributed by atoms with E-state index in [1.54, 1.807) is 6.20 Å². The second kappa shape index (κ2) is 6.20. The molecular weight excluding hydrogens is 250 g/mol. The van der Waals surface area contributed by atoms with Crippen molar-refractivity contribution < 1.29 is 5.11 Å². The number of hydrogen-bond acceptors (Lipinski definition) is 3. The molecule has 0 aliphatic rings. The van der Waals surface area contributed by atoms with E-state index in [0.29, 0.717) is 6.54 Å². The molecule has 0 aliphatic carbocycles. The molecule has 0 fully saturated rings. The molecule has 1 atom stereocenters. The molecule has 4 nitrogen and oxygen atoms in total. The number of nitrogens with two attached hydrogens (primary N) is 1. The van der Waals surface area contributed by atoms with Gasteiger partial charge in [-0.1, -0.05) is 24.3 Å². The van der Waals surface area contributed by atoms with Crippen LogP contribution in [0.1, 0.15) is 23.2 Å². The smallest absolute Gasteiger partial charge is 0.0540 e. The number of aliphatic hydroxyl groups excluding tert-OH is 1. The van der Waals surface area contributed by atoms with Crippen molar-refractivity contribution in [3.63, 3.8) is 0 Å². The minimum Gasteiger partial charge on any atom is -0.395 e. The monoisotopic (exact) mass is 273 g/mol. The highest BCUT2D eigenvalue weighted by molar-refractivity contribution is 5.34. The van der Waals surface area contributed by atoms with Gasteiger partial charge in [-0.2, -0.15) is 5.10 Å². The number of nitrogens with zero attached hydrogens (tertiary/aromatic N) is 2. The summed E-state index contributed by atoms with van der Waals surface area (Å²) in [6, 6.07) is 10.2. The molecule has 0 spiro atoms. The topological polar surface area (TPSA) is 64.1 Å². The molecule has 1 aromatic carbocycles. The first-order valence-corrected chi connectivity index (χ1v) is 6.97. The van der Waals surface area contributed by atoms with Crippen LogP contribution in [0.5, 0.6) is 0 Å². The third-order valence-electron chi connectivity index (χ3n) is 4.19. The normalized spacial score (nSPS) is 14.2. The number of rotatable bonds is 6. The highest BCUT2D eigenvalue weighted by Gasteiger charge is 2.31. The summed E-state index contributed by atoms with van der Waals surface area (Å²) in [5.74, 6) is 0. The summed E-state index contributed by atoms with van der Waals surface area (Å²) in [4.78, 5) is 0. The van der Waals surface area contributed by atoms with Crippen LogP contribution < -0.4 is 5.73 Å². The predicted molar refractivity (Wildman–Crippen MR) is 80.5 cm³/mol. The van der Waals surface area contributed by atoms with Gasteiger partial charge in [0, 0.05) is 30.9 Å². The third-order valence-corrected chi connectivity index (χ3v) is 4.19. The van der Waals surface area contributed by atoms with Crippen molar-refractivity contribution in [1.29, 1.82) is 0 Å². The zero-order valence-corrected chi connectivity index (χ0v) is 12.2. The summed E-state index contributed by atoms with van der Waals surface area (Å²) in [6.07, 6.45) is 3.46. The van der Waals surface area contributed by atoms with Crippen molar-refractivity contribution in [3.05, 3.63) is 53.3 Å². The summed E-state index contributed by atoms with van der Waals surface area (Å²) in [6.45, 7) is 2.57. The van der Waals surface area contributed by atoms with E-state index >= 15 is 0 Å². The van der Waals surface area contributed by atoms with E-state index in [1.165, 1.54) is 5.56 Å². The van der Waals surface area contributed by atoms with E-state index in [4.69, 9.17) is 5.73 Å². The Morgan fingerprint density at radius 1 is 1.30 bits per heavy atom. The Hall–Kier alpha value is -1.65. The van der Waals surface area contributed by atoms with Crippen molar-refractivity contribution in [2.75, 3.05) is 13.2 Å². The second-order valence-corrected chi connectivity index (χ2v) is 5.40. The molecule has 0 bridgehead atoms. The molecular formula is C16H23N3O. The summed E-state index contributed by atoms with van der Waals surface area (Å²) in [7, 11) is 1.94. The molecule has 1 heterocycles. The maximum atomic E-state index is 9.95. The zero-order chi connectivity index (χ0) is 14.6. The first-order valence-electron chi connectivity index (χ1n) is 6.97. The lowest BCUT2D eigenvalue weighted by atomic mass is 9.75. The number of aryl methyl sites for hydroxylation is 3. The predicted octanol–water partition coefficient (Wildman–Crippen LogP) is 1.55. The van der Waals surface area contributed by atoms with Crippen molar-refractivity contribution >= 4 is 0 Å². The molecule has 0 saturated carbocycles. The third kappa shape index (κ3) is 2.76. The molecule has 20 heavy (non-hydrogen) atoms. The Balaban J connectivity index is 2.26. The first-order chi connectivity index (χ1) is 9.63. The number of hydrogen-bond donors (Lipinski definition) is 2. The summed E-state index contributed by atoms with van der Waals surface area (Å²) in [5.41, 5.74) is 9.12. The lowest BCUT2D eigenvalue weighted by molar-refractivity contribution is 0.187. The molecule has 0 saturated heterocycles. The van der Waals surface area contributed by atoms with Gasteiger partial charge in [0.15, 0.2) is 0 Å². The number of benzene rings is 1. The maximum Gasteiger partial charge on any atom is 0.0540 e. The van der Waals surface area contributed by atoms with Crippen LogP contribution in [0.4, 0.5) is 0 Å². The Labute approximate surface area is 120 Å². The van der Waals surface area contributed by atoms with Gasteiger partial charge in [-0.3, -0.25) is 4.68 Å². The molecule has 0 aliphatic heterocycles. The van der Waals surface area contributed by atoms with Crippen LogP contribution in [0.25, 0.3) is 0 Å². The molecule has 0 amide bonds. The van der Waals surface area contributed by atoms with Gasteiger partial charge < -0.3 is 10.8 Å². The van der Waals surface area contributed by atoms with Crippen LogP contribution in [-0.4, -0.2) is 28.0 Å². The van der Waals surface area contributed by atoms with Crippen LogP contribution in [-0.2, 0) is 18.9 Å². The number of aromatic nitrogens is 2. The van der Waals surface area contributed by atoms with Crippen LogP contribution >= 0.6 is 0 Å². The summed E-state index contributed by atoms with van der Waals surface area (Å²) in [5, 5.41) is 14.1. The van der Waals surface area contributed by atoms with Crippen LogP contribution in [0, 0.1) is 6.92 Å². The van der Waals surface area contributed by atoms with E-state index in [1.807, 2.05) is 29.9 Å². The van der Waals surface area contributed by atoms with Crippen molar-refractivity contribution in [1.82, 2.24) is 9.78 Å². The fourth-order valence-electron chi connectivity index (χ4n) is 2.76. The van der Waals surface area contributed by atoms with Gasteiger partial charge in [-0.15, -0.1) is 0 Å². The molecule has 2 rings (SSSR count). The van der Waals surface area contributed by atoms with Crippen molar-refractivity contribution in [3.8, 4) is 0 Å². The van der Waals surface area contributed by atoms with Gasteiger partial charge in [0.2, 0.25) is 0 Å². The fourth-order valence-corrected chi connectivity index (χ4v) is 2.76. The van der Waals surface area contributed by atoms with E-state index in [0.717, 1.165) is 24.1 Å². The van der Waals surface area contributed by atoms with Gasteiger partial charge in [0.05, 0.1) is 6.61 Å². The average Bonchev–Trinajstić information content (AvgIpc) is 2.87. The largest absolute Gasteiger partial charge is 0.395 e. The summed E-state index contributed by atoms with van der Waals surface area (Å²) < 4.78 is 1.87. The first kappa shape index (κ1) is 14.8. The Kier molecular flexibility index (Phi) is 4.57. The van der Waals surface area contributed by atoms with Gasteiger partial charge in [-0.05, 0) is 37.0 Å². The molecule has 4 heteroatoms. The van der Waals surface area contributed by atoms with Gasteiger partial charge in [0.1, 0.15) is 0 Å². The number of aliphatic hydroxyl groups is 1. The van der Waals surface area contributed by atoms with Crippen LogP contribution in [0.3, 0.4) is 0 Å². The molecule has 1 aromatic heterocycles. The zero-order valence-electron chi connectivity index (χ0n) is 12.2. The van der Waals surface area contributed by atoms with E-state index in [9.17, 15) is 5.11 Å². The molecule has 0 radical (unpaired) electrons. The highest BCUT2D eigenvalue weighted by atomic mass is 16.3. The van der Waals surface area contributed by atoms with Gasteiger partial charge in [0.25, 0.3) is 0 Å². The maximum absolute atomic E-state index is 9.95. The molecule has 108 valence electrons. The quantitative estimate of drug-likeness (QED) is 0.839. The fraction of sp³-hybridized carbons (Fsp3) is 0.438. The summed E-state index contributed by atoms with van der Waals surface area (Å²) >= 11 is 0. The minimum absolute atomic E-state index is 0.0617. The van der Waals surface area contributed by atoms with E-state index < -0.39 is 0 Å². The minimum atomic E-state index is -0.379. The highest BCUT2D eigenvalue weighted by Crippen LogP contribution is 2.30. The van der Waals surface area contributed by atoms with Crippen molar-refractivity contribution in [2.45, 2.75) is 25.2 Å². The van der Waals surface area contributed by atoms with Gasteiger partial charge >= 0.3 is 0 Å². The van der Waals surface area contributed by atoms with Crippen LogP contribution in [0.2, 0.25) is 0 Å². The lowest BCUT2D eigenvalue weighted by Gasteiger charge is -2.32. The van der Waals surface area contributed by atoms with E-state index in [2.05, 4.69) is 24.2 Å². The van der Waals surface area contributed by atoms with Crippen LogP contribution in [0.15, 0.2) is 36.5 Å². The Morgan fingerprint density at radius 3 is 2.60 bits per heavy atom. The second-order valence-electron chi connectivity index (χ2n) is 5.40. The lowest BCUT2D eigenvalue weighted by Crippen LogP contribution is -2.40. The molecule has 3 N–H and O–H groups in total. The SMILES string of the molecule is Cc1ccccc1C(CN)(CO)CCc1ccnn1C. The average molecular weight is 273 g/mol. The van der Waals surface area contributed by atoms with Crippen molar-refractivity contribution in [2.24, 2.45) is 12.8 Å². The molecule has 1 unspecified atom stereocenters.